The van der Waals surface area contributed by atoms with Gasteiger partial charge in [-0.1, -0.05) is 48.0 Å². The molecule has 1 fully saturated rings. The summed E-state index contributed by atoms with van der Waals surface area (Å²) in [7, 11) is 0. The maximum atomic E-state index is 12.3. The summed E-state index contributed by atoms with van der Waals surface area (Å²) >= 11 is 0. The lowest BCUT2D eigenvalue weighted by molar-refractivity contribution is -0.125. The molecule has 0 aromatic heterocycles. The molecule has 1 N–H and O–H groups in total. The van der Waals surface area contributed by atoms with Crippen molar-refractivity contribution in [1.82, 2.24) is 5.32 Å². The number of benzene rings is 2. The normalized spacial score (nSPS) is 19.2. The second-order valence-corrected chi connectivity index (χ2v) is 6.79. The molecule has 3 rings (SSSR count). The molecule has 1 saturated heterocycles. The van der Waals surface area contributed by atoms with Crippen LogP contribution >= 0.6 is 0 Å². The van der Waals surface area contributed by atoms with Gasteiger partial charge in [0.2, 0.25) is 11.8 Å². The molecule has 0 radical (unpaired) electrons. The summed E-state index contributed by atoms with van der Waals surface area (Å²) in [4.78, 5) is 24.6. The van der Waals surface area contributed by atoms with Crippen molar-refractivity contribution in [2.24, 2.45) is 5.92 Å². The first-order valence-corrected chi connectivity index (χ1v) is 8.79. The quantitative estimate of drug-likeness (QED) is 0.640. The summed E-state index contributed by atoms with van der Waals surface area (Å²) in [5, 5.41) is 2.48. The Labute approximate surface area is 153 Å². The summed E-state index contributed by atoms with van der Waals surface area (Å²) in [6.45, 7) is 4.56. The molecule has 26 heavy (non-hydrogen) atoms. The lowest BCUT2D eigenvalue weighted by Crippen LogP contribution is -2.22. The molecule has 1 heterocycles. The molecular weight excluding hydrogens is 326 g/mol. The van der Waals surface area contributed by atoms with Crippen molar-refractivity contribution in [2.45, 2.75) is 26.2 Å². The average Bonchev–Trinajstić information content (AvgIpc) is 2.90. The van der Waals surface area contributed by atoms with Crippen molar-refractivity contribution in [1.29, 1.82) is 0 Å². The first-order chi connectivity index (χ1) is 12.5. The van der Waals surface area contributed by atoms with Crippen LogP contribution in [0.1, 0.15) is 30.9 Å². The molecule has 0 saturated carbocycles. The van der Waals surface area contributed by atoms with Crippen LogP contribution in [0.2, 0.25) is 0 Å². The molecule has 1 aliphatic heterocycles. The molecular formula is C22H23NO3. The summed E-state index contributed by atoms with van der Waals surface area (Å²) in [5.74, 6) is -0.533. The molecule has 0 aliphatic carbocycles. The zero-order chi connectivity index (χ0) is 18.5. The highest BCUT2D eigenvalue weighted by molar-refractivity contribution is 6.07. The van der Waals surface area contributed by atoms with Gasteiger partial charge in [0, 0.05) is 0 Å². The van der Waals surface area contributed by atoms with Crippen LogP contribution in [-0.2, 0) is 16.0 Å². The molecule has 2 aromatic rings. The van der Waals surface area contributed by atoms with E-state index < -0.39 is 5.92 Å². The predicted molar refractivity (Wildman–Crippen MR) is 101 cm³/mol. The maximum absolute atomic E-state index is 12.3. The van der Waals surface area contributed by atoms with Crippen molar-refractivity contribution in [3.05, 3.63) is 77.4 Å². The lowest BCUT2D eigenvalue weighted by atomic mass is 9.84. The van der Waals surface area contributed by atoms with Crippen LogP contribution in [0, 0.1) is 5.92 Å². The Morgan fingerprint density at radius 3 is 2.35 bits per heavy atom. The van der Waals surface area contributed by atoms with E-state index >= 15 is 0 Å². The Hall–Kier alpha value is -2.88. The topological polar surface area (TPSA) is 55.4 Å². The first-order valence-electron chi connectivity index (χ1n) is 8.79. The van der Waals surface area contributed by atoms with Crippen LogP contribution in [0.3, 0.4) is 0 Å². The van der Waals surface area contributed by atoms with Gasteiger partial charge in [0.15, 0.2) is 0 Å². The van der Waals surface area contributed by atoms with E-state index in [1.807, 2.05) is 74.5 Å². The van der Waals surface area contributed by atoms with Gasteiger partial charge in [0.1, 0.15) is 12.4 Å². The van der Waals surface area contributed by atoms with Gasteiger partial charge < -0.3 is 4.74 Å². The number of nitrogens with one attached hydrogen (secondary N) is 1. The monoisotopic (exact) mass is 349 g/mol. The average molecular weight is 349 g/mol. The van der Waals surface area contributed by atoms with Gasteiger partial charge in [-0.3, -0.25) is 14.9 Å². The van der Waals surface area contributed by atoms with Crippen LogP contribution in [0.15, 0.2) is 66.2 Å². The van der Waals surface area contributed by atoms with Crippen molar-refractivity contribution in [3.8, 4) is 5.75 Å². The van der Waals surface area contributed by atoms with E-state index in [1.54, 1.807) is 0 Å². The molecule has 0 bridgehead atoms. The van der Waals surface area contributed by atoms with Crippen LogP contribution in [-0.4, -0.2) is 18.4 Å². The molecule has 4 heteroatoms. The second-order valence-electron chi connectivity index (χ2n) is 6.79. The van der Waals surface area contributed by atoms with Crippen molar-refractivity contribution < 1.29 is 14.3 Å². The van der Waals surface area contributed by atoms with Crippen LogP contribution < -0.4 is 10.1 Å². The standard InChI is InChI=1S/C22H23NO3/c1-15(2)12-13-26-18-10-8-17(9-11-18)20-19(21(24)23-22(20)25)14-16-6-4-3-5-7-16/h3-12,19-20H,13-14H2,1-2H3,(H,23,24,25)/t19-,20-/m1/s1. The molecule has 0 unspecified atom stereocenters. The van der Waals surface area contributed by atoms with E-state index in [4.69, 9.17) is 4.74 Å². The fourth-order valence-corrected chi connectivity index (χ4v) is 3.16. The number of carbonyl (C=O) groups excluding carboxylic acids is 2. The van der Waals surface area contributed by atoms with Gasteiger partial charge in [-0.15, -0.1) is 0 Å². The molecule has 4 nitrogen and oxygen atoms in total. The first kappa shape index (κ1) is 17.9. The van der Waals surface area contributed by atoms with Gasteiger partial charge in [-0.2, -0.15) is 0 Å². The zero-order valence-corrected chi connectivity index (χ0v) is 15.1. The van der Waals surface area contributed by atoms with Crippen molar-refractivity contribution >= 4 is 11.8 Å². The van der Waals surface area contributed by atoms with Gasteiger partial charge in [0.25, 0.3) is 0 Å². The van der Waals surface area contributed by atoms with Crippen LogP contribution in [0.25, 0.3) is 0 Å². The van der Waals surface area contributed by atoms with E-state index in [2.05, 4.69) is 5.32 Å². The van der Waals surface area contributed by atoms with E-state index in [0.29, 0.717) is 13.0 Å². The zero-order valence-electron chi connectivity index (χ0n) is 15.1. The van der Waals surface area contributed by atoms with E-state index in [0.717, 1.165) is 16.9 Å². The highest BCUT2D eigenvalue weighted by atomic mass is 16.5. The number of rotatable bonds is 6. The summed E-state index contributed by atoms with van der Waals surface area (Å²) in [5.41, 5.74) is 3.09. The van der Waals surface area contributed by atoms with E-state index in [9.17, 15) is 9.59 Å². The van der Waals surface area contributed by atoms with Gasteiger partial charge >= 0.3 is 0 Å². The third-order valence-corrected chi connectivity index (χ3v) is 4.55. The SMILES string of the molecule is CC(C)=CCOc1ccc([C@H]2C(=O)NC(=O)[C@@H]2Cc2ccccc2)cc1. The summed E-state index contributed by atoms with van der Waals surface area (Å²) < 4.78 is 5.66. The number of hydrogen-bond donors (Lipinski definition) is 1. The van der Waals surface area contributed by atoms with E-state index in [-0.39, 0.29) is 17.7 Å². The number of hydrogen-bond acceptors (Lipinski definition) is 3. The smallest absolute Gasteiger partial charge is 0.234 e. The van der Waals surface area contributed by atoms with Crippen LogP contribution in [0.4, 0.5) is 0 Å². The highest BCUT2D eigenvalue weighted by Crippen LogP contribution is 2.33. The molecule has 2 aromatic carbocycles. The Morgan fingerprint density at radius 1 is 1.00 bits per heavy atom. The number of amides is 2. The van der Waals surface area contributed by atoms with Crippen molar-refractivity contribution in [2.75, 3.05) is 6.61 Å². The predicted octanol–water partition coefficient (Wildman–Crippen LogP) is 3.63. The Bertz CT molecular complexity index is 805. The third-order valence-electron chi connectivity index (χ3n) is 4.55. The number of carbonyl (C=O) groups is 2. The number of ether oxygens (including phenoxy) is 1. The third kappa shape index (κ3) is 4.20. The number of imide groups is 1. The summed E-state index contributed by atoms with van der Waals surface area (Å²) in [6.07, 6.45) is 2.55. The minimum atomic E-state index is -0.463. The Kier molecular flexibility index (Phi) is 5.52. The minimum Gasteiger partial charge on any atom is -0.490 e. The maximum Gasteiger partial charge on any atom is 0.234 e. The largest absolute Gasteiger partial charge is 0.490 e. The van der Waals surface area contributed by atoms with Crippen LogP contribution in [0.5, 0.6) is 5.75 Å². The van der Waals surface area contributed by atoms with Gasteiger partial charge in [-0.05, 0) is 49.6 Å². The second kappa shape index (κ2) is 8.00. The number of allylic oxidation sites excluding steroid dienone is 1. The Morgan fingerprint density at radius 2 is 1.69 bits per heavy atom. The summed E-state index contributed by atoms with van der Waals surface area (Å²) in [6, 6.07) is 17.2. The molecule has 1 aliphatic rings. The van der Waals surface area contributed by atoms with Gasteiger partial charge in [-0.25, -0.2) is 0 Å². The lowest BCUT2D eigenvalue weighted by Gasteiger charge is -2.16. The fraction of sp³-hybridized carbons (Fsp3) is 0.273. The fourth-order valence-electron chi connectivity index (χ4n) is 3.16. The molecule has 0 spiro atoms. The molecule has 2 amide bonds. The van der Waals surface area contributed by atoms with Crippen molar-refractivity contribution in [3.63, 3.8) is 0 Å². The highest BCUT2D eigenvalue weighted by Gasteiger charge is 2.42. The molecule has 134 valence electrons. The van der Waals surface area contributed by atoms with Gasteiger partial charge in [0.05, 0.1) is 11.8 Å². The Balaban J connectivity index is 1.76. The minimum absolute atomic E-state index is 0.201. The van der Waals surface area contributed by atoms with E-state index in [1.165, 1.54) is 5.57 Å². The molecule has 2 atom stereocenters.